The van der Waals surface area contributed by atoms with E-state index < -0.39 is 49.6 Å². The quantitative estimate of drug-likeness (QED) is 0.282. The lowest BCUT2D eigenvalue weighted by molar-refractivity contribution is -0.394. The highest BCUT2D eigenvalue weighted by atomic mass is 28.4. The third-order valence-corrected chi connectivity index (χ3v) is 4.17. The van der Waals surface area contributed by atoms with Crippen molar-refractivity contribution < 1.29 is 33.1 Å². The summed E-state index contributed by atoms with van der Waals surface area (Å²) in [5.74, 6) is -1.66. The zero-order chi connectivity index (χ0) is 20.4. The standard InChI is InChI=1S/C14H22N4O8Si/c1-8(19)23-7-11-10(24-9(2)20)6-12(25-11)17-14(26-27(3,4)5)15-13(16-17)18(21)22/h10-12H,6-7H2,1-5H3/t10-,11+,12+/m0/s1. The maximum absolute atomic E-state index is 11.3. The van der Waals surface area contributed by atoms with E-state index in [0.717, 1.165) is 0 Å². The summed E-state index contributed by atoms with van der Waals surface area (Å²) in [4.78, 5) is 36.5. The number of esters is 2. The van der Waals surface area contributed by atoms with Crippen LogP contribution in [0.5, 0.6) is 6.01 Å². The number of hydrogen-bond acceptors (Lipinski definition) is 10. The lowest BCUT2D eigenvalue weighted by Crippen LogP contribution is -2.31. The minimum atomic E-state index is -2.15. The van der Waals surface area contributed by atoms with E-state index in [1.54, 1.807) is 0 Å². The number of ether oxygens (including phenoxy) is 3. The van der Waals surface area contributed by atoms with E-state index in [-0.39, 0.29) is 19.0 Å². The van der Waals surface area contributed by atoms with E-state index in [0.29, 0.717) is 0 Å². The van der Waals surface area contributed by atoms with Crippen LogP contribution in [0.4, 0.5) is 5.95 Å². The molecular formula is C14H22N4O8Si. The van der Waals surface area contributed by atoms with Crippen molar-refractivity contribution >= 4 is 26.2 Å². The normalized spacial score (nSPS) is 22.3. The molecule has 1 aliphatic heterocycles. The lowest BCUT2D eigenvalue weighted by atomic mass is 10.2. The molecular weight excluding hydrogens is 380 g/mol. The van der Waals surface area contributed by atoms with Crippen LogP contribution in [-0.4, -0.2) is 58.8 Å². The van der Waals surface area contributed by atoms with Gasteiger partial charge in [0.15, 0.2) is 6.23 Å². The SMILES string of the molecule is CC(=O)OC[C@H]1O[C@@H](n2nc([N+](=O)[O-])nc2O[Si](C)(C)C)C[C@@H]1OC(C)=O. The van der Waals surface area contributed by atoms with Crippen LogP contribution in [0.1, 0.15) is 26.5 Å². The highest BCUT2D eigenvalue weighted by Gasteiger charge is 2.43. The molecule has 2 heterocycles. The van der Waals surface area contributed by atoms with Crippen LogP contribution >= 0.6 is 0 Å². The van der Waals surface area contributed by atoms with Gasteiger partial charge >= 0.3 is 23.9 Å². The summed E-state index contributed by atoms with van der Waals surface area (Å²) in [6.07, 6.45) is -2.14. The fraction of sp³-hybridized carbons (Fsp3) is 0.714. The smallest absolute Gasteiger partial charge is 0.494 e. The second kappa shape index (κ2) is 8.00. The minimum Gasteiger partial charge on any atom is -0.505 e. The largest absolute Gasteiger partial charge is 0.505 e. The van der Waals surface area contributed by atoms with E-state index in [2.05, 4.69) is 10.1 Å². The monoisotopic (exact) mass is 402 g/mol. The molecule has 1 aliphatic rings. The van der Waals surface area contributed by atoms with Crippen molar-refractivity contribution in [2.45, 2.75) is 58.3 Å². The van der Waals surface area contributed by atoms with E-state index in [1.807, 2.05) is 19.6 Å². The molecule has 0 N–H and O–H groups in total. The van der Waals surface area contributed by atoms with E-state index in [9.17, 15) is 19.7 Å². The summed E-state index contributed by atoms with van der Waals surface area (Å²) in [5.41, 5.74) is 0. The predicted octanol–water partition coefficient (Wildman–Crippen LogP) is 1.18. The number of nitrogens with zero attached hydrogens (tertiary/aromatic N) is 4. The second-order valence-corrected chi connectivity index (χ2v) is 11.4. The van der Waals surface area contributed by atoms with Crippen LogP contribution in [0.3, 0.4) is 0 Å². The Hall–Kier alpha value is -2.54. The maximum Gasteiger partial charge on any atom is 0.494 e. The van der Waals surface area contributed by atoms with Crippen LogP contribution in [0.25, 0.3) is 0 Å². The number of hydrogen-bond donors (Lipinski definition) is 0. The first kappa shape index (κ1) is 20.8. The molecule has 0 amide bonds. The Morgan fingerprint density at radius 1 is 1.33 bits per heavy atom. The summed E-state index contributed by atoms with van der Waals surface area (Å²) in [7, 11) is -2.15. The third kappa shape index (κ3) is 5.72. The molecule has 0 saturated carbocycles. The molecule has 1 aromatic heterocycles. The zero-order valence-electron chi connectivity index (χ0n) is 15.7. The zero-order valence-corrected chi connectivity index (χ0v) is 16.7. The van der Waals surface area contributed by atoms with Gasteiger partial charge in [0.2, 0.25) is 8.32 Å². The topological polar surface area (TPSA) is 145 Å². The number of carbonyl (C=O) groups is 2. The molecule has 0 radical (unpaired) electrons. The first-order chi connectivity index (χ1) is 12.5. The summed E-state index contributed by atoms with van der Waals surface area (Å²) < 4.78 is 22.9. The van der Waals surface area contributed by atoms with Gasteiger partial charge in [-0.3, -0.25) is 9.59 Å². The second-order valence-electron chi connectivity index (χ2n) is 6.93. The van der Waals surface area contributed by atoms with E-state index >= 15 is 0 Å². The van der Waals surface area contributed by atoms with Gasteiger partial charge in [-0.05, 0) is 29.5 Å². The molecule has 2 rings (SSSR count). The Kier molecular flexibility index (Phi) is 6.15. The van der Waals surface area contributed by atoms with Gasteiger partial charge in [-0.15, -0.1) is 4.68 Å². The van der Waals surface area contributed by atoms with Crippen molar-refractivity contribution in [1.82, 2.24) is 14.8 Å². The summed E-state index contributed by atoms with van der Waals surface area (Å²) in [5, 5.41) is 14.9. The summed E-state index contributed by atoms with van der Waals surface area (Å²) in [6, 6.07) is -0.0411. The molecule has 150 valence electrons. The van der Waals surface area contributed by atoms with Gasteiger partial charge in [0.05, 0.1) is 0 Å². The molecule has 0 aliphatic carbocycles. The van der Waals surface area contributed by atoms with Gasteiger partial charge in [-0.1, -0.05) is 0 Å². The lowest BCUT2D eigenvalue weighted by Gasteiger charge is -2.18. The van der Waals surface area contributed by atoms with Gasteiger partial charge in [-0.2, -0.15) is 0 Å². The molecule has 3 atom stereocenters. The fourth-order valence-electron chi connectivity index (χ4n) is 2.44. The predicted molar refractivity (Wildman–Crippen MR) is 91.4 cm³/mol. The van der Waals surface area contributed by atoms with Crippen molar-refractivity contribution in [3.05, 3.63) is 10.1 Å². The Morgan fingerprint density at radius 2 is 2.00 bits per heavy atom. The number of aromatic nitrogens is 3. The van der Waals surface area contributed by atoms with Gasteiger partial charge in [0.25, 0.3) is 0 Å². The van der Waals surface area contributed by atoms with Gasteiger partial charge in [0, 0.05) is 25.4 Å². The molecule has 12 nitrogen and oxygen atoms in total. The van der Waals surface area contributed by atoms with E-state index in [4.69, 9.17) is 18.6 Å². The Labute approximate surface area is 156 Å². The van der Waals surface area contributed by atoms with Crippen molar-refractivity contribution in [3.8, 4) is 6.01 Å². The van der Waals surface area contributed by atoms with Crippen LogP contribution < -0.4 is 4.43 Å². The minimum absolute atomic E-state index is 0.0411. The third-order valence-electron chi connectivity index (χ3n) is 3.37. The first-order valence-electron chi connectivity index (χ1n) is 8.22. The van der Waals surface area contributed by atoms with Crippen molar-refractivity contribution in [3.63, 3.8) is 0 Å². The molecule has 0 unspecified atom stereocenters. The molecule has 27 heavy (non-hydrogen) atoms. The molecule has 1 aromatic rings. The number of rotatable bonds is 7. The van der Waals surface area contributed by atoms with Gasteiger partial charge in [0.1, 0.15) is 18.8 Å². The van der Waals surface area contributed by atoms with Crippen molar-refractivity contribution in [2.24, 2.45) is 0 Å². The highest BCUT2D eigenvalue weighted by Crippen LogP contribution is 2.34. The summed E-state index contributed by atoms with van der Waals surface area (Å²) >= 11 is 0. The van der Waals surface area contributed by atoms with Crippen molar-refractivity contribution in [1.29, 1.82) is 0 Å². The first-order valence-corrected chi connectivity index (χ1v) is 11.6. The Bertz CT molecular complexity index is 731. The molecule has 0 bridgehead atoms. The Morgan fingerprint density at radius 3 is 2.52 bits per heavy atom. The van der Waals surface area contributed by atoms with Gasteiger partial charge in [-0.25, -0.2) is 0 Å². The molecule has 0 spiro atoms. The molecule has 1 saturated heterocycles. The van der Waals surface area contributed by atoms with Crippen LogP contribution in [0.15, 0.2) is 0 Å². The highest BCUT2D eigenvalue weighted by molar-refractivity contribution is 6.70. The number of carbonyl (C=O) groups excluding carboxylic acids is 2. The van der Waals surface area contributed by atoms with Crippen LogP contribution in [-0.2, 0) is 23.8 Å². The van der Waals surface area contributed by atoms with Crippen LogP contribution in [0, 0.1) is 10.1 Å². The maximum atomic E-state index is 11.3. The number of nitro groups is 1. The average Bonchev–Trinajstić information content (AvgIpc) is 3.07. The van der Waals surface area contributed by atoms with Crippen molar-refractivity contribution in [2.75, 3.05) is 6.61 Å². The summed E-state index contributed by atoms with van der Waals surface area (Å²) in [6.45, 7) is 8.02. The average molecular weight is 402 g/mol. The molecule has 13 heteroatoms. The van der Waals surface area contributed by atoms with Crippen LogP contribution in [0.2, 0.25) is 19.6 Å². The fourth-order valence-corrected chi connectivity index (χ4v) is 3.13. The van der Waals surface area contributed by atoms with E-state index in [1.165, 1.54) is 18.5 Å². The van der Waals surface area contributed by atoms with Gasteiger partial charge < -0.3 is 28.8 Å². The molecule has 1 fully saturated rings. The molecule has 0 aromatic carbocycles. The Balaban J connectivity index is 2.28.